The van der Waals surface area contributed by atoms with Gasteiger partial charge in [-0.25, -0.2) is 4.79 Å². The molecule has 1 amide bonds. The number of hydrogen-bond acceptors (Lipinski definition) is 4. The van der Waals surface area contributed by atoms with Crippen molar-refractivity contribution in [2.45, 2.75) is 38.9 Å². The van der Waals surface area contributed by atoms with Gasteiger partial charge in [0.05, 0.1) is 13.7 Å². The van der Waals surface area contributed by atoms with E-state index in [1.807, 2.05) is 45.0 Å². The summed E-state index contributed by atoms with van der Waals surface area (Å²) in [4.78, 5) is 13.7. The van der Waals surface area contributed by atoms with Gasteiger partial charge in [0.2, 0.25) is 0 Å². The fourth-order valence-corrected chi connectivity index (χ4v) is 2.16. The topological polar surface area (TPSA) is 48.0 Å². The summed E-state index contributed by atoms with van der Waals surface area (Å²) in [7, 11) is 1.63. The molecule has 1 aliphatic heterocycles. The van der Waals surface area contributed by atoms with E-state index in [-0.39, 0.29) is 12.2 Å². The van der Waals surface area contributed by atoms with Gasteiger partial charge in [-0.05, 0) is 45.0 Å². The summed E-state index contributed by atoms with van der Waals surface area (Å²) in [5, 5.41) is 0. The third-order valence-corrected chi connectivity index (χ3v) is 3.16. The van der Waals surface area contributed by atoms with Crippen LogP contribution in [-0.4, -0.2) is 42.9 Å². The van der Waals surface area contributed by atoms with E-state index in [0.717, 1.165) is 17.9 Å². The lowest BCUT2D eigenvalue weighted by Crippen LogP contribution is -2.36. The lowest BCUT2D eigenvalue weighted by Gasteiger charge is -2.24. The summed E-state index contributed by atoms with van der Waals surface area (Å²) >= 11 is 0. The van der Waals surface area contributed by atoms with Crippen LogP contribution in [0, 0.1) is 0 Å². The fraction of sp³-hybridized carbons (Fsp3) is 0.562. The molecule has 116 valence electrons. The van der Waals surface area contributed by atoms with E-state index in [2.05, 4.69) is 0 Å². The summed E-state index contributed by atoms with van der Waals surface area (Å²) in [5.74, 6) is 1.58. The summed E-state index contributed by atoms with van der Waals surface area (Å²) in [6, 6.07) is 7.45. The molecule has 1 fully saturated rings. The van der Waals surface area contributed by atoms with Gasteiger partial charge in [0, 0.05) is 13.0 Å². The van der Waals surface area contributed by atoms with E-state index in [4.69, 9.17) is 14.2 Å². The molecule has 1 aromatic carbocycles. The Labute approximate surface area is 125 Å². The van der Waals surface area contributed by atoms with E-state index in [0.29, 0.717) is 13.1 Å². The van der Waals surface area contributed by atoms with E-state index >= 15 is 0 Å². The maximum atomic E-state index is 12.0. The van der Waals surface area contributed by atoms with Crippen molar-refractivity contribution in [2.24, 2.45) is 0 Å². The molecular weight excluding hydrogens is 270 g/mol. The van der Waals surface area contributed by atoms with Crippen LogP contribution in [0.15, 0.2) is 24.3 Å². The van der Waals surface area contributed by atoms with Gasteiger partial charge in [-0.15, -0.1) is 0 Å². The molecule has 0 radical (unpaired) electrons. The molecule has 0 aliphatic carbocycles. The zero-order chi connectivity index (χ0) is 15.5. The normalized spacial score (nSPS) is 18.5. The molecule has 1 saturated heterocycles. The second-order valence-corrected chi connectivity index (χ2v) is 6.13. The maximum absolute atomic E-state index is 12.0. The van der Waals surface area contributed by atoms with Crippen molar-refractivity contribution in [3.8, 4) is 11.5 Å². The molecule has 0 bridgehead atoms. The first-order valence-corrected chi connectivity index (χ1v) is 7.16. The average molecular weight is 293 g/mol. The van der Waals surface area contributed by atoms with Crippen LogP contribution in [-0.2, 0) is 4.74 Å². The van der Waals surface area contributed by atoms with Crippen LogP contribution in [0.5, 0.6) is 11.5 Å². The number of likely N-dealkylation sites (tertiary alicyclic amines) is 1. The molecule has 1 heterocycles. The van der Waals surface area contributed by atoms with Gasteiger partial charge < -0.3 is 19.1 Å². The maximum Gasteiger partial charge on any atom is 0.410 e. The molecule has 0 N–H and O–H groups in total. The molecule has 1 aliphatic rings. The van der Waals surface area contributed by atoms with Crippen LogP contribution < -0.4 is 9.47 Å². The zero-order valence-corrected chi connectivity index (χ0v) is 13.1. The monoisotopic (exact) mass is 293 g/mol. The third kappa shape index (κ3) is 4.55. The minimum Gasteiger partial charge on any atom is -0.497 e. The lowest BCUT2D eigenvalue weighted by atomic mass is 10.2. The standard InChI is InChI=1S/C16H23NO4/c1-16(2,3)21-15(18)17-10-9-14(11-17)20-13-7-5-12(19-4)6-8-13/h5-8,14H,9-11H2,1-4H3. The van der Waals surface area contributed by atoms with E-state index in [1.54, 1.807) is 12.0 Å². The van der Waals surface area contributed by atoms with Gasteiger partial charge in [0.15, 0.2) is 0 Å². The van der Waals surface area contributed by atoms with E-state index in [9.17, 15) is 4.79 Å². The van der Waals surface area contributed by atoms with Crippen LogP contribution in [0.4, 0.5) is 4.79 Å². The highest BCUT2D eigenvalue weighted by molar-refractivity contribution is 5.68. The number of nitrogens with zero attached hydrogens (tertiary/aromatic N) is 1. The molecule has 1 aromatic rings. The summed E-state index contributed by atoms with van der Waals surface area (Å²) < 4.78 is 16.4. The van der Waals surface area contributed by atoms with Gasteiger partial charge in [0.1, 0.15) is 23.2 Å². The Balaban J connectivity index is 1.86. The number of ether oxygens (including phenoxy) is 3. The van der Waals surface area contributed by atoms with Crippen LogP contribution in [0.25, 0.3) is 0 Å². The summed E-state index contributed by atoms with van der Waals surface area (Å²) in [5.41, 5.74) is -0.466. The quantitative estimate of drug-likeness (QED) is 0.859. The molecule has 0 aromatic heterocycles. The number of methoxy groups -OCH3 is 1. The number of rotatable bonds is 3. The minimum atomic E-state index is -0.466. The second-order valence-electron chi connectivity index (χ2n) is 6.13. The highest BCUT2D eigenvalue weighted by Gasteiger charge is 2.30. The molecule has 0 saturated carbocycles. The molecule has 5 heteroatoms. The van der Waals surface area contributed by atoms with Crippen molar-refractivity contribution in [3.05, 3.63) is 24.3 Å². The van der Waals surface area contributed by atoms with Crippen LogP contribution in [0.3, 0.4) is 0 Å². The van der Waals surface area contributed by atoms with Crippen molar-refractivity contribution in [1.29, 1.82) is 0 Å². The first kappa shape index (κ1) is 15.5. The highest BCUT2D eigenvalue weighted by Crippen LogP contribution is 2.22. The lowest BCUT2D eigenvalue weighted by molar-refractivity contribution is 0.0275. The first-order valence-electron chi connectivity index (χ1n) is 7.16. The Morgan fingerprint density at radius 1 is 1.19 bits per heavy atom. The summed E-state index contributed by atoms with van der Waals surface area (Å²) in [6.07, 6.45) is 0.542. The van der Waals surface area contributed by atoms with E-state index in [1.165, 1.54) is 0 Å². The Bertz CT molecular complexity index is 478. The van der Waals surface area contributed by atoms with Crippen molar-refractivity contribution in [3.63, 3.8) is 0 Å². The fourth-order valence-electron chi connectivity index (χ4n) is 2.16. The first-order chi connectivity index (χ1) is 9.87. The molecule has 5 nitrogen and oxygen atoms in total. The van der Waals surface area contributed by atoms with Crippen molar-refractivity contribution >= 4 is 6.09 Å². The molecule has 21 heavy (non-hydrogen) atoms. The third-order valence-electron chi connectivity index (χ3n) is 3.16. The Hall–Kier alpha value is -1.91. The number of benzene rings is 1. The number of carbonyl (C=O) groups is 1. The SMILES string of the molecule is COc1ccc(OC2CCN(C(=O)OC(C)(C)C)C2)cc1. The largest absolute Gasteiger partial charge is 0.497 e. The van der Waals surface area contributed by atoms with Gasteiger partial charge in [-0.1, -0.05) is 0 Å². The van der Waals surface area contributed by atoms with Crippen LogP contribution in [0.1, 0.15) is 27.2 Å². The van der Waals surface area contributed by atoms with Gasteiger partial charge in [0.25, 0.3) is 0 Å². The van der Waals surface area contributed by atoms with Crippen molar-refractivity contribution in [1.82, 2.24) is 4.90 Å². The summed E-state index contributed by atoms with van der Waals surface area (Å²) in [6.45, 7) is 6.82. The molecule has 2 rings (SSSR count). The Morgan fingerprint density at radius 3 is 2.38 bits per heavy atom. The smallest absolute Gasteiger partial charge is 0.410 e. The zero-order valence-electron chi connectivity index (χ0n) is 13.1. The molecule has 1 unspecified atom stereocenters. The predicted octanol–water partition coefficient (Wildman–Crippen LogP) is 3.08. The second kappa shape index (κ2) is 6.24. The Morgan fingerprint density at radius 2 is 1.81 bits per heavy atom. The van der Waals surface area contributed by atoms with Crippen LogP contribution >= 0.6 is 0 Å². The highest BCUT2D eigenvalue weighted by atomic mass is 16.6. The molecule has 0 spiro atoms. The molecular formula is C16H23NO4. The van der Waals surface area contributed by atoms with Gasteiger partial charge in [-0.2, -0.15) is 0 Å². The number of carbonyl (C=O) groups excluding carboxylic acids is 1. The average Bonchev–Trinajstić information content (AvgIpc) is 2.86. The Kier molecular flexibility index (Phi) is 4.60. The van der Waals surface area contributed by atoms with Crippen molar-refractivity contribution in [2.75, 3.05) is 20.2 Å². The van der Waals surface area contributed by atoms with Crippen LogP contribution in [0.2, 0.25) is 0 Å². The van der Waals surface area contributed by atoms with E-state index < -0.39 is 5.60 Å². The van der Waals surface area contributed by atoms with Gasteiger partial charge >= 0.3 is 6.09 Å². The predicted molar refractivity (Wildman–Crippen MR) is 79.8 cm³/mol. The number of hydrogen-bond donors (Lipinski definition) is 0. The minimum absolute atomic E-state index is 0.00548. The van der Waals surface area contributed by atoms with Crippen molar-refractivity contribution < 1.29 is 19.0 Å². The number of amides is 1. The molecule has 1 atom stereocenters. The van der Waals surface area contributed by atoms with Gasteiger partial charge in [-0.3, -0.25) is 0 Å².